The molecule has 2 N–H and O–H groups in total. The van der Waals surface area contributed by atoms with E-state index in [1.54, 1.807) is 12.1 Å². The zero-order valence-electron chi connectivity index (χ0n) is 10.6. The number of halogens is 2. The lowest BCUT2D eigenvalue weighted by atomic mass is 10.2. The molecule has 0 spiro atoms. The zero-order valence-corrected chi connectivity index (χ0v) is 13.8. The van der Waals surface area contributed by atoms with E-state index < -0.39 is 22.4 Å². The summed E-state index contributed by atoms with van der Waals surface area (Å²) in [6.45, 7) is 0. The van der Waals surface area contributed by atoms with Crippen LogP contribution in [-0.2, 0) is 0 Å². The summed E-state index contributed by atoms with van der Waals surface area (Å²) in [6.07, 6.45) is 0. The lowest BCUT2D eigenvalue weighted by Crippen LogP contribution is -2.41. The van der Waals surface area contributed by atoms with Crippen molar-refractivity contribution in [1.82, 2.24) is 10.9 Å². The number of thiophene rings is 1. The van der Waals surface area contributed by atoms with Crippen molar-refractivity contribution < 1.29 is 14.5 Å². The SMILES string of the molecule is O=C(NNC(=O)c1ccc(Cl)cc1[N+](=O)[O-])c1ccc(Br)s1. The fraction of sp³-hybridized carbons (Fsp3) is 0. The third-order valence-corrected chi connectivity index (χ3v) is 4.35. The van der Waals surface area contributed by atoms with Crippen LogP contribution >= 0.6 is 38.9 Å². The van der Waals surface area contributed by atoms with Crippen molar-refractivity contribution in [1.29, 1.82) is 0 Å². The number of nitro benzene ring substituents is 1. The van der Waals surface area contributed by atoms with Gasteiger partial charge in [0, 0.05) is 11.1 Å². The van der Waals surface area contributed by atoms with E-state index in [2.05, 4.69) is 26.8 Å². The Bertz CT molecular complexity index is 765. The van der Waals surface area contributed by atoms with Crippen molar-refractivity contribution in [3.05, 3.63) is 59.7 Å². The highest BCUT2D eigenvalue weighted by molar-refractivity contribution is 9.11. The molecule has 0 atom stereocenters. The van der Waals surface area contributed by atoms with E-state index in [9.17, 15) is 19.7 Å². The molecule has 1 aromatic heterocycles. The molecule has 114 valence electrons. The average molecular weight is 405 g/mol. The molecule has 7 nitrogen and oxygen atoms in total. The van der Waals surface area contributed by atoms with Gasteiger partial charge in [0.1, 0.15) is 5.56 Å². The summed E-state index contributed by atoms with van der Waals surface area (Å²) in [5.41, 5.74) is 3.66. The Kier molecular flexibility index (Phi) is 5.11. The second-order valence-corrected chi connectivity index (χ2v) is 6.83. The van der Waals surface area contributed by atoms with Gasteiger partial charge in [-0.1, -0.05) is 11.6 Å². The fourth-order valence-corrected chi connectivity index (χ4v) is 2.97. The summed E-state index contributed by atoms with van der Waals surface area (Å²) in [5.74, 6) is -1.34. The van der Waals surface area contributed by atoms with Crippen molar-refractivity contribution >= 4 is 56.4 Å². The van der Waals surface area contributed by atoms with Crippen LogP contribution in [0.15, 0.2) is 34.1 Å². The third-order valence-electron chi connectivity index (χ3n) is 2.49. The van der Waals surface area contributed by atoms with Gasteiger partial charge in [0.25, 0.3) is 17.5 Å². The zero-order chi connectivity index (χ0) is 16.3. The molecule has 0 fully saturated rings. The van der Waals surface area contributed by atoms with Crippen molar-refractivity contribution in [2.75, 3.05) is 0 Å². The molecule has 2 rings (SSSR count). The smallest absolute Gasteiger partial charge is 0.267 e. The highest BCUT2D eigenvalue weighted by Gasteiger charge is 2.21. The summed E-state index contributed by atoms with van der Waals surface area (Å²) >= 11 is 10.1. The lowest BCUT2D eigenvalue weighted by molar-refractivity contribution is -0.385. The van der Waals surface area contributed by atoms with Crippen molar-refractivity contribution in [2.24, 2.45) is 0 Å². The van der Waals surface area contributed by atoms with Crippen molar-refractivity contribution in [3.8, 4) is 0 Å². The van der Waals surface area contributed by atoms with E-state index in [1.165, 1.54) is 23.5 Å². The van der Waals surface area contributed by atoms with E-state index in [-0.39, 0.29) is 10.6 Å². The van der Waals surface area contributed by atoms with Crippen molar-refractivity contribution in [3.63, 3.8) is 0 Å². The van der Waals surface area contributed by atoms with E-state index >= 15 is 0 Å². The van der Waals surface area contributed by atoms with Gasteiger partial charge in [-0.2, -0.15) is 0 Å². The molecule has 2 aromatic rings. The molecule has 0 saturated heterocycles. The molecule has 0 aliphatic rings. The molecule has 2 amide bonds. The summed E-state index contributed by atoms with van der Waals surface area (Å²) in [4.78, 5) is 34.3. The summed E-state index contributed by atoms with van der Waals surface area (Å²) in [7, 11) is 0. The van der Waals surface area contributed by atoms with Gasteiger partial charge in [-0.05, 0) is 40.2 Å². The second-order valence-electron chi connectivity index (χ2n) is 3.93. The summed E-state index contributed by atoms with van der Waals surface area (Å²) in [6, 6.07) is 6.88. The molecule has 22 heavy (non-hydrogen) atoms. The number of rotatable bonds is 3. The van der Waals surface area contributed by atoms with Crippen LogP contribution < -0.4 is 10.9 Å². The maximum Gasteiger partial charge on any atom is 0.283 e. The maximum atomic E-state index is 11.9. The first-order chi connectivity index (χ1) is 10.4. The van der Waals surface area contributed by atoms with Gasteiger partial charge < -0.3 is 0 Å². The van der Waals surface area contributed by atoms with Gasteiger partial charge in [0.2, 0.25) is 0 Å². The maximum absolute atomic E-state index is 11.9. The first kappa shape index (κ1) is 16.4. The van der Waals surface area contributed by atoms with Crippen LogP contribution in [0.5, 0.6) is 0 Å². The number of amides is 2. The van der Waals surface area contributed by atoms with Crippen molar-refractivity contribution in [2.45, 2.75) is 0 Å². The molecular weight excluding hydrogens is 398 g/mol. The number of hydrogen-bond donors (Lipinski definition) is 2. The molecule has 0 bridgehead atoms. The topological polar surface area (TPSA) is 101 Å². The first-order valence-corrected chi connectivity index (χ1v) is 7.67. The molecule has 0 saturated carbocycles. The van der Waals surface area contributed by atoms with Gasteiger partial charge in [-0.3, -0.25) is 30.6 Å². The lowest BCUT2D eigenvalue weighted by Gasteiger charge is -2.07. The predicted octanol–water partition coefficient (Wildman–Crippen LogP) is 3.15. The van der Waals surface area contributed by atoms with Gasteiger partial charge in [-0.15, -0.1) is 11.3 Å². The highest BCUT2D eigenvalue weighted by atomic mass is 79.9. The van der Waals surface area contributed by atoms with E-state index in [1.807, 2.05) is 0 Å². The molecule has 0 aliphatic carbocycles. The third kappa shape index (κ3) is 3.81. The predicted molar refractivity (Wildman–Crippen MR) is 85.1 cm³/mol. The minimum atomic E-state index is -0.813. The largest absolute Gasteiger partial charge is 0.283 e. The first-order valence-electron chi connectivity index (χ1n) is 5.68. The van der Waals surface area contributed by atoms with Crippen LogP contribution in [0.3, 0.4) is 0 Å². The van der Waals surface area contributed by atoms with E-state index in [0.717, 1.165) is 9.85 Å². The molecule has 1 aromatic carbocycles. The van der Waals surface area contributed by atoms with Crippen LogP contribution in [0.1, 0.15) is 20.0 Å². The van der Waals surface area contributed by atoms with Gasteiger partial charge in [0.15, 0.2) is 0 Å². The van der Waals surface area contributed by atoms with E-state index in [4.69, 9.17) is 11.6 Å². The quantitative estimate of drug-likeness (QED) is 0.606. The molecule has 1 heterocycles. The number of nitro groups is 1. The molecule has 10 heteroatoms. The van der Waals surface area contributed by atoms with Crippen LogP contribution in [0.2, 0.25) is 5.02 Å². The highest BCUT2D eigenvalue weighted by Crippen LogP contribution is 2.23. The van der Waals surface area contributed by atoms with Crippen LogP contribution in [-0.4, -0.2) is 16.7 Å². The minimum Gasteiger partial charge on any atom is -0.267 e. The van der Waals surface area contributed by atoms with Crippen LogP contribution in [0, 0.1) is 10.1 Å². The van der Waals surface area contributed by atoms with Gasteiger partial charge in [-0.25, -0.2) is 0 Å². The Balaban J connectivity index is 2.10. The molecule has 0 aliphatic heterocycles. The number of hydrazine groups is 1. The Morgan fingerprint density at radius 3 is 2.45 bits per heavy atom. The second kappa shape index (κ2) is 6.86. The Morgan fingerprint density at radius 1 is 1.18 bits per heavy atom. The fourth-order valence-electron chi connectivity index (χ4n) is 1.53. The Labute approximate surface area is 141 Å². The Hall–Kier alpha value is -1.97. The number of carbonyl (C=O) groups is 2. The monoisotopic (exact) mass is 403 g/mol. The average Bonchev–Trinajstić information content (AvgIpc) is 2.91. The molecule has 0 unspecified atom stereocenters. The van der Waals surface area contributed by atoms with E-state index in [0.29, 0.717) is 4.88 Å². The number of nitrogens with one attached hydrogen (secondary N) is 2. The summed E-state index contributed by atoms with van der Waals surface area (Å²) < 4.78 is 0.761. The molecule has 0 radical (unpaired) electrons. The number of benzene rings is 1. The number of carbonyl (C=O) groups excluding carboxylic acids is 2. The van der Waals surface area contributed by atoms with Gasteiger partial charge in [0.05, 0.1) is 13.6 Å². The number of hydrogen-bond acceptors (Lipinski definition) is 5. The van der Waals surface area contributed by atoms with Gasteiger partial charge >= 0.3 is 0 Å². The van der Waals surface area contributed by atoms with Crippen LogP contribution in [0.4, 0.5) is 5.69 Å². The standard InChI is InChI=1S/C12H7BrClN3O4S/c13-10-4-3-9(22-10)12(19)16-15-11(18)7-2-1-6(14)5-8(7)17(20)21/h1-5H,(H,15,18)(H,16,19). The summed E-state index contributed by atoms with van der Waals surface area (Å²) in [5, 5.41) is 11.1. The normalized spacial score (nSPS) is 10.1. The molecular formula is C12H7BrClN3O4S. The number of nitrogens with zero attached hydrogens (tertiary/aromatic N) is 1. The van der Waals surface area contributed by atoms with Crippen LogP contribution in [0.25, 0.3) is 0 Å². The Morgan fingerprint density at radius 2 is 1.86 bits per heavy atom. The minimum absolute atomic E-state index is 0.135.